The van der Waals surface area contributed by atoms with Gasteiger partial charge >= 0.3 is 5.97 Å². The van der Waals surface area contributed by atoms with E-state index in [2.05, 4.69) is 5.32 Å². The van der Waals surface area contributed by atoms with Crippen LogP contribution in [0.5, 0.6) is 5.75 Å². The summed E-state index contributed by atoms with van der Waals surface area (Å²) in [6.45, 7) is 3.48. The maximum atomic E-state index is 11.9. The summed E-state index contributed by atoms with van der Waals surface area (Å²) in [6, 6.07) is 10.8. The summed E-state index contributed by atoms with van der Waals surface area (Å²) in [5, 5.41) is 2.79. The zero-order valence-electron chi connectivity index (χ0n) is 13.3. The van der Waals surface area contributed by atoms with Crippen LogP contribution in [-0.2, 0) is 9.53 Å². The number of amides is 1. The molecule has 1 N–H and O–H groups in total. The molecule has 0 spiro atoms. The molecule has 1 amide bonds. The number of aryl methyl sites for hydroxylation is 1. The Hall–Kier alpha value is -2.34. The van der Waals surface area contributed by atoms with Crippen LogP contribution in [0, 0.1) is 6.92 Å². The number of rotatable bonds is 6. The molecule has 1 aromatic carbocycles. The molecular formula is C17H19NO4S. The van der Waals surface area contributed by atoms with E-state index in [0.717, 1.165) is 16.2 Å². The smallest absolute Gasteiger partial charge is 0.348 e. The molecule has 6 heteroatoms. The SMILES string of the molecule is COc1ccc(C(C)NC(=O)COC(=O)c2ccc(C)s2)cc1. The predicted octanol–water partition coefficient (Wildman–Crippen LogP) is 3.10. The maximum absolute atomic E-state index is 11.9. The summed E-state index contributed by atoms with van der Waals surface area (Å²) in [6.07, 6.45) is 0. The molecule has 0 saturated carbocycles. The van der Waals surface area contributed by atoms with Crippen molar-refractivity contribution in [3.8, 4) is 5.75 Å². The number of benzene rings is 1. The molecule has 1 unspecified atom stereocenters. The number of hydrogen-bond donors (Lipinski definition) is 1. The van der Waals surface area contributed by atoms with Crippen LogP contribution in [0.4, 0.5) is 0 Å². The van der Waals surface area contributed by atoms with Gasteiger partial charge in [0.2, 0.25) is 0 Å². The Morgan fingerprint density at radius 1 is 1.17 bits per heavy atom. The van der Waals surface area contributed by atoms with Crippen LogP contribution in [0.25, 0.3) is 0 Å². The topological polar surface area (TPSA) is 64.6 Å². The van der Waals surface area contributed by atoms with Crippen LogP contribution in [0.15, 0.2) is 36.4 Å². The van der Waals surface area contributed by atoms with E-state index in [1.165, 1.54) is 11.3 Å². The molecule has 0 aliphatic rings. The van der Waals surface area contributed by atoms with Gasteiger partial charge in [0.05, 0.1) is 13.2 Å². The van der Waals surface area contributed by atoms with E-state index >= 15 is 0 Å². The molecule has 0 fully saturated rings. The molecule has 2 rings (SSSR count). The minimum absolute atomic E-state index is 0.184. The minimum Gasteiger partial charge on any atom is -0.497 e. The van der Waals surface area contributed by atoms with Crippen molar-refractivity contribution in [3.05, 3.63) is 51.7 Å². The van der Waals surface area contributed by atoms with E-state index in [1.807, 2.05) is 44.2 Å². The largest absolute Gasteiger partial charge is 0.497 e. The summed E-state index contributed by atoms with van der Waals surface area (Å²) in [5.74, 6) is -0.0576. The van der Waals surface area contributed by atoms with Gasteiger partial charge in [-0.25, -0.2) is 4.79 Å². The summed E-state index contributed by atoms with van der Waals surface area (Å²) in [5.41, 5.74) is 0.944. The van der Waals surface area contributed by atoms with Crippen molar-refractivity contribution in [1.82, 2.24) is 5.32 Å². The standard InChI is InChI=1S/C17H19NO4S/c1-11-4-9-15(23-11)17(20)22-10-16(19)18-12(2)13-5-7-14(21-3)8-6-13/h4-9,12H,10H2,1-3H3,(H,18,19). The number of hydrogen-bond acceptors (Lipinski definition) is 5. The van der Waals surface area contributed by atoms with Crippen molar-refractivity contribution in [1.29, 1.82) is 0 Å². The predicted molar refractivity (Wildman–Crippen MR) is 88.9 cm³/mol. The van der Waals surface area contributed by atoms with Crippen molar-refractivity contribution < 1.29 is 19.1 Å². The van der Waals surface area contributed by atoms with Gasteiger partial charge in [0, 0.05) is 4.88 Å². The molecule has 0 radical (unpaired) electrons. The van der Waals surface area contributed by atoms with Gasteiger partial charge in [-0.2, -0.15) is 0 Å². The first-order valence-electron chi connectivity index (χ1n) is 7.16. The van der Waals surface area contributed by atoms with Crippen molar-refractivity contribution in [2.75, 3.05) is 13.7 Å². The second-order valence-electron chi connectivity index (χ2n) is 5.05. The summed E-state index contributed by atoms with van der Waals surface area (Å²) in [7, 11) is 1.60. The Kier molecular flexibility index (Phi) is 5.76. The van der Waals surface area contributed by atoms with Gasteiger partial charge in [-0.15, -0.1) is 11.3 Å². The average molecular weight is 333 g/mol. The molecule has 5 nitrogen and oxygen atoms in total. The van der Waals surface area contributed by atoms with E-state index < -0.39 is 5.97 Å². The first-order chi connectivity index (χ1) is 11.0. The second kappa shape index (κ2) is 7.78. The summed E-state index contributed by atoms with van der Waals surface area (Å²) < 4.78 is 10.1. The molecule has 122 valence electrons. The number of carbonyl (C=O) groups excluding carboxylic acids is 2. The zero-order valence-corrected chi connectivity index (χ0v) is 14.1. The number of thiophene rings is 1. The van der Waals surface area contributed by atoms with Crippen molar-refractivity contribution in [2.24, 2.45) is 0 Å². The van der Waals surface area contributed by atoms with Crippen molar-refractivity contribution in [2.45, 2.75) is 19.9 Å². The lowest BCUT2D eigenvalue weighted by atomic mass is 10.1. The van der Waals surface area contributed by atoms with Gasteiger partial charge in [0.25, 0.3) is 5.91 Å². The van der Waals surface area contributed by atoms with E-state index in [9.17, 15) is 9.59 Å². The Morgan fingerprint density at radius 3 is 2.43 bits per heavy atom. The Balaban J connectivity index is 1.82. The van der Waals surface area contributed by atoms with E-state index in [4.69, 9.17) is 9.47 Å². The third-order valence-electron chi connectivity index (χ3n) is 3.27. The zero-order chi connectivity index (χ0) is 16.8. The fourth-order valence-corrected chi connectivity index (χ4v) is 2.77. The summed E-state index contributed by atoms with van der Waals surface area (Å²) in [4.78, 5) is 25.2. The molecule has 0 aliphatic carbocycles. The molecule has 1 heterocycles. The lowest BCUT2D eigenvalue weighted by molar-refractivity contribution is -0.124. The van der Waals surface area contributed by atoms with Crippen LogP contribution in [0.1, 0.15) is 33.1 Å². The van der Waals surface area contributed by atoms with Gasteiger partial charge < -0.3 is 14.8 Å². The highest BCUT2D eigenvalue weighted by Gasteiger charge is 2.14. The van der Waals surface area contributed by atoms with Gasteiger partial charge in [-0.1, -0.05) is 12.1 Å². The Morgan fingerprint density at radius 2 is 1.87 bits per heavy atom. The molecule has 0 bridgehead atoms. The average Bonchev–Trinajstić information content (AvgIpc) is 2.99. The third-order valence-corrected chi connectivity index (χ3v) is 4.25. The number of methoxy groups -OCH3 is 1. The maximum Gasteiger partial charge on any atom is 0.348 e. The number of carbonyl (C=O) groups is 2. The number of esters is 1. The molecular weight excluding hydrogens is 314 g/mol. The highest BCUT2D eigenvalue weighted by Crippen LogP contribution is 2.18. The monoisotopic (exact) mass is 333 g/mol. The van der Waals surface area contributed by atoms with Gasteiger partial charge in [0.1, 0.15) is 10.6 Å². The fraction of sp³-hybridized carbons (Fsp3) is 0.294. The second-order valence-corrected chi connectivity index (χ2v) is 6.34. The number of ether oxygens (including phenoxy) is 2. The molecule has 0 aliphatic heterocycles. The van der Waals surface area contributed by atoms with Gasteiger partial charge in [0.15, 0.2) is 6.61 Å². The molecule has 2 aromatic rings. The van der Waals surface area contributed by atoms with Crippen molar-refractivity contribution >= 4 is 23.2 Å². The first kappa shape index (κ1) is 17.0. The first-order valence-corrected chi connectivity index (χ1v) is 7.98. The molecule has 1 atom stereocenters. The highest BCUT2D eigenvalue weighted by molar-refractivity contribution is 7.13. The van der Waals surface area contributed by atoms with Crippen LogP contribution >= 0.6 is 11.3 Å². The van der Waals surface area contributed by atoms with Crippen LogP contribution in [0.2, 0.25) is 0 Å². The molecule has 23 heavy (non-hydrogen) atoms. The van der Waals surface area contributed by atoms with E-state index in [1.54, 1.807) is 13.2 Å². The van der Waals surface area contributed by atoms with E-state index in [0.29, 0.717) is 4.88 Å². The van der Waals surface area contributed by atoms with Crippen LogP contribution < -0.4 is 10.1 Å². The molecule has 0 saturated heterocycles. The Labute approximate surface area is 139 Å². The molecule has 1 aromatic heterocycles. The van der Waals surface area contributed by atoms with E-state index in [-0.39, 0.29) is 18.6 Å². The minimum atomic E-state index is -0.477. The lowest BCUT2D eigenvalue weighted by Crippen LogP contribution is -2.31. The third kappa shape index (κ3) is 4.82. The number of nitrogens with one attached hydrogen (secondary N) is 1. The quantitative estimate of drug-likeness (QED) is 0.825. The normalized spacial score (nSPS) is 11.6. The fourth-order valence-electron chi connectivity index (χ4n) is 2.01. The lowest BCUT2D eigenvalue weighted by Gasteiger charge is -2.14. The van der Waals surface area contributed by atoms with Gasteiger partial charge in [-0.3, -0.25) is 4.79 Å². The summed E-state index contributed by atoms with van der Waals surface area (Å²) >= 11 is 1.34. The van der Waals surface area contributed by atoms with Crippen LogP contribution in [0.3, 0.4) is 0 Å². The highest BCUT2D eigenvalue weighted by atomic mass is 32.1. The van der Waals surface area contributed by atoms with Crippen molar-refractivity contribution in [3.63, 3.8) is 0 Å². The Bertz CT molecular complexity index is 678. The van der Waals surface area contributed by atoms with Crippen LogP contribution in [-0.4, -0.2) is 25.6 Å². The van der Waals surface area contributed by atoms with Gasteiger partial charge in [-0.05, 0) is 43.7 Å².